The number of hydrogen-bond acceptors (Lipinski definition) is 2. The highest BCUT2D eigenvalue weighted by atomic mass is 16.2. The van der Waals surface area contributed by atoms with Crippen LogP contribution in [-0.2, 0) is 11.8 Å². The van der Waals surface area contributed by atoms with Crippen LogP contribution in [-0.4, -0.2) is 15.5 Å². The van der Waals surface area contributed by atoms with Crippen molar-refractivity contribution in [1.29, 1.82) is 0 Å². The molecule has 2 aliphatic rings. The second-order valence-corrected chi connectivity index (χ2v) is 4.31. The number of nitrogens with one attached hydrogen (secondary N) is 1. The molecule has 1 aliphatic carbocycles. The minimum Gasteiger partial charge on any atom is -0.344 e. The molecule has 1 aromatic heterocycles. The molecule has 1 unspecified atom stereocenters. The summed E-state index contributed by atoms with van der Waals surface area (Å²) in [7, 11) is 1.97. The zero-order chi connectivity index (χ0) is 9.76. The van der Waals surface area contributed by atoms with Crippen molar-refractivity contribution >= 4 is 5.91 Å². The van der Waals surface area contributed by atoms with E-state index in [1.54, 1.807) is 6.20 Å². The molecule has 14 heavy (non-hydrogen) atoms. The van der Waals surface area contributed by atoms with Gasteiger partial charge in [-0.15, -0.1) is 0 Å². The minimum absolute atomic E-state index is 0.0981. The predicted molar refractivity (Wildman–Crippen MR) is 50.4 cm³/mol. The summed E-state index contributed by atoms with van der Waals surface area (Å²) in [6, 6.07) is 0.156. The number of β-lactam (4-membered cyclic amide) rings is 1. The van der Waals surface area contributed by atoms with Crippen molar-refractivity contribution < 1.29 is 4.79 Å². The summed E-state index contributed by atoms with van der Waals surface area (Å²) in [5, 5.41) is 2.96. The topological polar surface area (TPSA) is 46.9 Å². The molecule has 1 N–H and O–H groups in total. The molecular formula is C10H13N3O. The molecule has 2 heterocycles. The molecular weight excluding hydrogens is 178 g/mol. The Morgan fingerprint density at radius 2 is 2.43 bits per heavy atom. The maximum Gasteiger partial charge on any atom is 0.229 e. The van der Waals surface area contributed by atoms with Crippen LogP contribution >= 0.6 is 0 Å². The van der Waals surface area contributed by atoms with Crippen molar-refractivity contribution in [2.75, 3.05) is 0 Å². The molecule has 4 heteroatoms. The van der Waals surface area contributed by atoms with Crippen LogP contribution in [0.2, 0.25) is 0 Å². The smallest absolute Gasteiger partial charge is 0.229 e. The minimum atomic E-state index is -0.0981. The maximum absolute atomic E-state index is 11.5. The Hall–Kier alpha value is -1.32. The Morgan fingerprint density at radius 3 is 2.86 bits per heavy atom. The standard InChI is InChI=1S/C10H13N3O/c1-13-6-5-11-8(13)7-10(3-2-4-10)9(14)12-7/h5-7H,2-4H2,1H3,(H,12,14). The van der Waals surface area contributed by atoms with Crippen molar-refractivity contribution in [2.24, 2.45) is 12.5 Å². The van der Waals surface area contributed by atoms with Crippen molar-refractivity contribution in [3.05, 3.63) is 18.2 Å². The molecule has 0 radical (unpaired) electrons. The van der Waals surface area contributed by atoms with Crippen LogP contribution < -0.4 is 5.32 Å². The summed E-state index contributed by atoms with van der Waals surface area (Å²) in [4.78, 5) is 15.8. The molecule has 0 aromatic carbocycles. The number of aromatic nitrogens is 2. The monoisotopic (exact) mass is 191 g/mol. The third-order valence-corrected chi connectivity index (χ3v) is 3.64. The van der Waals surface area contributed by atoms with E-state index in [0.717, 1.165) is 18.7 Å². The number of hydrogen-bond donors (Lipinski definition) is 1. The van der Waals surface area contributed by atoms with Crippen molar-refractivity contribution in [1.82, 2.24) is 14.9 Å². The Balaban J connectivity index is 1.95. The van der Waals surface area contributed by atoms with Gasteiger partial charge in [-0.3, -0.25) is 4.79 Å². The first kappa shape index (κ1) is 8.03. The van der Waals surface area contributed by atoms with E-state index in [-0.39, 0.29) is 17.4 Å². The second kappa shape index (κ2) is 2.38. The maximum atomic E-state index is 11.5. The van der Waals surface area contributed by atoms with Crippen molar-refractivity contribution in [3.8, 4) is 0 Å². The van der Waals surface area contributed by atoms with Gasteiger partial charge in [0.05, 0.1) is 5.41 Å². The van der Waals surface area contributed by atoms with Gasteiger partial charge in [0.15, 0.2) is 0 Å². The van der Waals surface area contributed by atoms with Gasteiger partial charge in [0.25, 0.3) is 0 Å². The van der Waals surface area contributed by atoms with E-state index in [9.17, 15) is 4.79 Å². The Bertz CT molecular complexity index is 392. The van der Waals surface area contributed by atoms with Gasteiger partial charge in [-0.05, 0) is 12.8 Å². The zero-order valence-corrected chi connectivity index (χ0v) is 8.16. The molecule has 1 saturated carbocycles. The summed E-state index contributed by atoms with van der Waals surface area (Å²) in [5.74, 6) is 1.21. The van der Waals surface area contributed by atoms with E-state index in [1.165, 1.54) is 6.42 Å². The fourth-order valence-corrected chi connectivity index (χ4v) is 2.51. The fraction of sp³-hybridized carbons (Fsp3) is 0.600. The molecule has 1 aromatic rings. The van der Waals surface area contributed by atoms with Crippen LogP contribution in [0.1, 0.15) is 31.1 Å². The first-order chi connectivity index (χ1) is 6.74. The lowest BCUT2D eigenvalue weighted by molar-refractivity contribution is -0.155. The summed E-state index contributed by atoms with van der Waals surface area (Å²) >= 11 is 0. The number of amides is 1. The molecule has 1 saturated heterocycles. The normalized spacial score (nSPS) is 28.1. The third kappa shape index (κ3) is 0.744. The molecule has 0 bridgehead atoms. The number of carbonyl (C=O) groups excluding carboxylic acids is 1. The van der Waals surface area contributed by atoms with E-state index < -0.39 is 0 Å². The molecule has 2 fully saturated rings. The first-order valence-electron chi connectivity index (χ1n) is 5.02. The number of imidazole rings is 1. The molecule has 74 valence electrons. The Labute approximate surface area is 82.3 Å². The third-order valence-electron chi connectivity index (χ3n) is 3.64. The van der Waals surface area contributed by atoms with Crippen molar-refractivity contribution in [2.45, 2.75) is 25.3 Å². The average Bonchev–Trinajstić information content (AvgIpc) is 2.44. The Kier molecular flexibility index (Phi) is 1.36. The molecule has 4 nitrogen and oxygen atoms in total. The molecule has 1 amide bonds. The van der Waals surface area contributed by atoms with E-state index >= 15 is 0 Å². The van der Waals surface area contributed by atoms with E-state index in [2.05, 4.69) is 10.3 Å². The van der Waals surface area contributed by atoms with Crippen molar-refractivity contribution in [3.63, 3.8) is 0 Å². The largest absolute Gasteiger partial charge is 0.344 e. The van der Waals surface area contributed by atoms with E-state index in [4.69, 9.17) is 0 Å². The van der Waals surface area contributed by atoms with Gasteiger partial charge in [0.1, 0.15) is 11.9 Å². The second-order valence-electron chi connectivity index (χ2n) is 4.31. The lowest BCUT2D eigenvalue weighted by Crippen LogP contribution is -2.64. The highest BCUT2D eigenvalue weighted by molar-refractivity contribution is 5.91. The van der Waals surface area contributed by atoms with Crippen LogP contribution in [0.25, 0.3) is 0 Å². The molecule has 3 rings (SSSR count). The highest BCUT2D eigenvalue weighted by Gasteiger charge is 2.60. The van der Waals surface area contributed by atoms with Crippen LogP contribution in [0.15, 0.2) is 12.4 Å². The van der Waals surface area contributed by atoms with Crippen LogP contribution in [0.5, 0.6) is 0 Å². The van der Waals surface area contributed by atoms with Gasteiger partial charge in [0.2, 0.25) is 5.91 Å². The van der Waals surface area contributed by atoms with Gasteiger partial charge < -0.3 is 9.88 Å². The first-order valence-corrected chi connectivity index (χ1v) is 5.02. The lowest BCUT2D eigenvalue weighted by Gasteiger charge is -2.53. The average molecular weight is 191 g/mol. The SMILES string of the molecule is Cn1ccnc1C1NC(=O)C12CCC2. The predicted octanol–water partition coefficient (Wildman–Crippen LogP) is 0.761. The summed E-state index contributed by atoms with van der Waals surface area (Å²) < 4.78 is 1.99. The summed E-state index contributed by atoms with van der Waals surface area (Å²) in [6.07, 6.45) is 6.93. The summed E-state index contributed by atoms with van der Waals surface area (Å²) in [5.41, 5.74) is -0.0981. The molecule has 1 atom stereocenters. The van der Waals surface area contributed by atoms with E-state index in [0.29, 0.717) is 0 Å². The van der Waals surface area contributed by atoms with Crippen LogP contribution in [0.3, 0.4) is 0 Å². The van der Waals surface area contributed by atoms with Gasteiger partial charge in [-0.1, -0.05) is 6.42 Å². The zero-order valence-electron chi connectivity index (χ0n) is 8.16. The molecule has 1 spiro atoms. The van der Waals surface area contributed by atoms with Crippen LogP contribution in [0.4, 0.5) is 0 Å². The summed E-state index contributed by atoms with van der Waals surface area (Å²) in [6.45, 7) is 0. The number of aryl methyl sites for hydroxylation is 1. The quantitative estimate of drug-likeness (QED) is 0.666. The highest BCUT2D eigenvalue weighted by Crippen LogP contribution is 2.55. The number of carbonyl (C=O) groups is 1. The van der Waals surface area contributed by atoms with Gasteiger partial charge in [-0.25, -0.2) is 4.98 Å². The van der Waals surface area contributed by atoms with E-state index in [1.807, 2.05) is 17.8 Å². The lowest BCUT2D eigenvalue weighted by atomic mass is 9.58. The van der Waals surface area contributed by atoms with Gasteiger partial charge >= 0.3 is 0 Å². The fourth-order valence-electron chi connectivity index (χ4n) is 2.51. The Morgan fingerprint density at radius 1 is 1.64 bits per heavy atom. The number of rotatable bonds is 1. The number of nitrogens with zero attached hydrogens (tertiary/aromatic N) is 2. The van der Waals surface area contributed by atoms with Gasteiger partial charge in [-0.2, -0.15) is 0 Å². The van der Waals surface area contributed by atoms with Gasteiger partial charge in [0, 0.05) is 19.4 Å². The van der Waals surface area contributed by atoms with Crippen LogP contribution in [0, 0.1) is 5.41 Å². The molecule has 1 aliphatic heterocycles.